The Morgan fingerprint density at radius 2 is 2.04 bits per heavy atom. The minimum absolute atomic E-state index is 0.295. The molecule has 2 aromatic carbocycles. The molecular formula is C19H19ClFN3O. The van der Waals surface area contributed by atoms with Gasteiger partial charge in [0, 0.05) is 6.42 Å². The summed E-state index contributed by atoms with van der Waals surface area (Å²) < 4.78 is 15.1. The number of nitrogens with zero attached hydrogens (tertiary/aromatic N) is 2. The second-order valence-electron chi connectivity index (χ2n) is 6.16. The Morgan fingerprint density at radius 1 is 1.28 bits per heavy atom. The first-order valence-electron chi connectivity index (χ1n) is 8.17. The molecule has 0 saturated carbocycles. The standard InChI is InChI=1S/C19H19ClFN3O/c1-12(11-22)8-9-17-23-16-7-3-6-15(20)18(16)19(25)24(17)14-5-2-4-13(21)10-14/h2-7,10,12H,8-9,11,22H2,1H3. The lowest BCUT2D eigenvalue weighted by atomic mass is 10.1. The topological polar surface area (TPSA) is 60.9 Å². The summed E-state index contributed by atoms with van der Waals surface area (Å²) in [6.07, 6.45) is 1.34. The number of halogens is 2. The van der Waals surface area contributed by atoms with Crippen molar-refractivity contribution in [2.24, 2.45) is 11.7 Å². The third-order valence-electron chi connectivity index (χ3n) is 4.25. The van der Waals surface area contributed by atoms with Crippen LogP contribution in [0.1, 0.15) is 19.2 Å². The maximum Gasteiger partial charge on any atom is 0.267 e. The number of nitrogens with two attached hydrogens (primary N) is 1. The molecule has 0 spiro atoms. The summed E-state index contributed by atoms with van der Waals surface area (Å²) in [7, 11) is 0. The van der Waals surface area contributed by atoms with Crippen molar-refractivity contribution in [1.29, 1.82) is 0 Å². The number of hydrogen-bond acceptors (Lipinski definition) is 3. The van der Waals surface area contributed by atoms with Gasteiger partial charge in [-0.25, -0.2) is 9.37 Å². The number of rotatable bonds is 5. The number of fused-ring (bicyclic) bond motifs is 1. The van der Waals surface area contributed by atoms with Gasteiger partial charge in [-0.05, 0) is 49.2 Å². The van der Waals surface area contributed by atoms with Gasteiger partial charge in [-0.2, -0.15) is 0 Å². The van der Waals surface area contributed by atoms with Crippen LogP contribution in [0.2, 0.25) is 5.02 Å². The lowest BCUT2D eigenvalue weighted by Gasteiger charge is -2.15. The maximum atomic E-state index is 13.7. The highest BCUT2D eigenvalue weighted by Crippen LogP contribution is 2.21. The van der Waals surface area contributed by atoms with Crippen LogP contribution in [0.4, 0.5) is 4.39 Å². The van der Waals surface area contributed by atoms with E-state index in [2.05, 4.69) is 4.98 Å². The molecule has 1 heterocycles. The first-order chi connectivity index (χ1) is 12.0. The number of hydrogen-bond donors (Lipinski definition) is 1. The summed E-state index contributed by atoms with van der Waals surface area (Å²) in [6.45, 7) is 2.60. The molecule has 130 valence electrons. The van der Waals surface area contributed by atoms with E-state index in [1.807, 2.05) is 6.92 Å². The highest BCUT2D eigenvalue weighted by atomic mass is 35.5. The molecule has 1 atom stereocenters. The zero-order valence-corrected chi connectivity index (χ0v) is 14.6. The molecule has 0 radical (unpaired) electrons. The molecule has 2 N–H and O–H groups in total. The van der Waals surface area contributed by atoms with E-state index in [1.54, 1.807) is 30.3 Å². The molecule has 1 aromatic heterocycles. The van der Waals surface area contributed by atoms with Gasteiger partial charge in [0.05, 0.1) is 21.6 Å². The largest absolute Gasteiger partial charge is 0.330 e. The Bertz CT molecular complexity index is 971. The fraction of sp³-hybridized carbons (Fsp3) is 0.263. The second-order valence-corrected chi connectivity index (χ2v) is 6.57. The molecule has 0 fully saturated rings. The lowest BCUT2D eigenvalue weighted by molar-refractivity contribution is 0.531. The van der Waals surface area contributed by atoms with Crippen molar-refractivity contribution in [1.82, 2.24) is 9.55 Å². The third kappa shape index (κ3) is 3.57. The zero-order valence-electron chi connectivity index (χ0n) is 13.9. The van der Waals surface area contributed by atoms with Crippen LogP contribution in [0, 0.1) is 11.7 Å². The van der Waals surface area contributed by atoms with Crippen molar-refractivity contribution >= 4 is 22.5 Å². The van der Waals surface area contributed by atoms with E-state index < -0.39 is 5.82 Å². The molecule has 0 amide bonds. The Morgan fingerprint density at radius 3 is 2.76 bits per heavy atom. The second kappa shape index (κ2) is 7.33. The van der Waals surface area contributed by atoms with Gasteiger partial charge >= 0.3 is 0 Å². The van der Waals surface area contributed by atoms with Crippen LogP contribution in [0.25, 0.3) is 16.6 Å². The summed E-state index contributed by atoms with van der Waals surface area (Å²) in [5.41, 5.74) is 6.38. The maximum absolute atomic E-state index is 13.7. The fourth-order valence-corrected chi connectivity index (χ4v) is 3.03. The van der Waals surface area contributed by atoms with Crippen LogP contribution < -0.4 is 11.3 Å². The smallest absolute Gasteiger partial charge is 0.267 e. The first kappa shape index (κ1) is 17.6. The highest BCUT2D eigenvalue weighted by molar-refractivity contribution is 6.35. The Labute approximate surface area is 150 Å². The van der Waals surface area contributed by atoms with E-state index in [4.69, 9.17) is 17.3 Å². The summed E-state index contributed by atoms with van der Waals surface area (Å²) in [5, 5.41) is 0.672. The lowest BCUT2D eigenvalue weighted by Crippen LogP contribution is -2.25. The SMILES string of the molecule is CC(CN)CCc1nc2cccc(Cl)c2c(=O)n1-c1cccc(F)c1. The van der Waals surface area contributed by atoms with Crippen LogP contribution in [-0.2, 0) is 6.42 Å². The van der Waals surface area contributed by atoms with Gasteiger partial charge in [0.25, 0.3) is 5.56 Å². The number of aryl methyl sites for hydroxylation is 1. The molecule has 6 heteroatoms. The van der Waals surface area contributed by atoms with Crippen molar-refractivity contribution < 1.29 is 4.39 Å². The summed E-state index contributed by atoms with van der Waals surface area (Å²) in [4.78, 5) is 17.7. The van der Waals surface area contributed by atoms with E-state index in [0.717, 1.165) is 6.42 Å². The van der Waals surface area contributed by atoms with Crippen LogP contribution in [0.3, 0.4) is 0 Å². The Balaban J connectivity index is 2.25. The van der Waals surface area contributed by atoms with E-state index in [-0.39, 0.29) is 5.56 Å². The van der Waals surface area contributed by atoms with Gasteiger partial charge in [-0.1, -0.05) is 30.7 Å². The summed E-state index contributed by atoms with van der Waals surface area (Å²) in [5.74, 6) is 0.462. The average Bonchev–Trinajstić information content (AvgIpc) is 2.59. The molecule has 0 aliphatic heterocycles. The number of benzene rings is 2. The minimum Gasteiger partial charge on any atom is -0.330 e. The molecule has 0 saturated heterocycles. The van der Waals surface area contributed by atoms with Gasteiger partial charge in [-0.3, -0.25) is 9.36 Å². The molecule has 0 aliphatic rings. The normalized spacial score (nSPS) is 12.5. The van der Waals surface area contributed by atoms with E-state index in [1.165, 1.54) is 16.7 Å². The van der Waals surface area contributed by atoms with Crippen LogP contribution in [0.5, 0.6) is 0 Å². The van der Waals surface area contributed by atoms with Crippen LogP contribution in [-0.4, -0.2) is 16.1 Å². The molecule has 0 aliphatic carbocycles. The van der Waals surface area contributed by atoms with Crippen LogP contribution in [0.15, 0.2) is 47.3 Å². The Hall–Kier alpha value is -2.24. The van der Waals surface area contributed by atoms with Gasteiger partial charge in [-0.15, -0.1) is 0 Å². The molecular weight excluding hydrogens is 341 g/mol. The van der Waals surface area contributed by atoms with E-state index in [9.17, 15) is 9.18 Å². The van der Waals surface area contributed by atoms with Gasteiger partial charge in [0.2, 0.25) is 0 Å². The van der Waals surface area contributed by atoms with Crippen molar-refractivity contribution in [3.63, 3.8) is 0 Å². The quantitative estimate of drug-likeness (QED) is 0.755. The zero-order chi connectivity index (χ0) is 18.0. The molecule has 4 nitrogen and oxygen atoms in total. The summed E-state index contributed by atoms with van der Waals surface area (Å²) in [6, 6.07) is 11.1. The predicted molar refractivity (Wildman–Crippen MR) is 98.8 cm³/mol. The Kier molecular flexibility index (Phi) is 5.16. The first-order valence-corrected chi connectivity index (χ1v) is 8.55. The van der Waals surface area contributed by atoms with Gasteiger partial charge in [0.1, 0.15) is 11.6 Å². The van der Waals surface area contributed by atoms with Gasteiger partial charge < -0.3 is 5.73 Å². The molecule has 3 rings (SSSR count). The summed E-state index contributed by atoms with van der Waals surface area (Å²) >= 11 is 6.21. The average molecular weight is 360 g/mol. The highest BCUT2D eigenvalue weighted by Gasteiger charge is 2.16. The van der Waals surface area contributed by atoms with Crippen molar-refractivity contribution in [2.45, 2.75) is 19.8 Å². The molecule has 0 bridgehead atoms. The van der Waals surface area contributed by atoms with Crippen LogP contribution >= 0.6 is 11.6 Å². The third-order valence-corrected chi connectivity index (χ3v) is 4.56. The fourth-order valence-electron chi connectivity index (χ4n) is 2.78. The van der Waals surface area contributed by atoms with Crippen molar-refractivity contribution in [3.8, 4) is 5.69 Å². The predicted octanol–water partition coefficient (Wildman–Crippen LogP) is 3.71. The van der Waals surface area contributed by atoms with Gasteiger partial charge in [0.15, 0.2) is 0 Å². The van der Waals surface area contributed by atoms with Crippen molar-refractivity contribution in [2.75, 3.05) is 6.54 Å². The van der Waals surface area contributed by atoms with E-state index in [0.29, 0.717) is 46.3 Å². The monoisotopic (exact) mass is 359 g/mol. The van der Waals surface area contributed by atoms with Crippen molar-refractivity contribution in [3.05, 3.63) is 69.5 Å². The molecule has 3 aromatic rings. The molecule has 25 heavy (non-hydrogen) atoms. The van der Waals surface area contributed by atoms with E-state index >= 15 is 0 Å². The molecule has 1 unspecified atom stereocenters. The minimum atomic E-state index is -0.412. The number of aromatic nitrogens is 2.